The summed E-state index contributed by atoms with van der Waals surface area (Å²) in [6.45, 7) is 1.28. The third-order valence-corrected chi connectivity index (χ3v) is 6.46. The predicted molar refractivity (Wildman–Crippen MR) is 116 cm³/mol. The van der Waals surface area contributed by atoms with Crippen LogP contribution in [-0.2, 0) is 22.6 Å². The lowest BCUT2D eigenvalue weighted by Gasteiger charge is -2.30. The van der Waals surface area contributed by atoms with E-state index in [9.17, 15) is 9.59 Å². The van der Waals surface area contributed by atoms with Crippen molar-refractivity contribution in [1.29, 1.82) is 0 Å². The number of benzene rings is 2. The van der Waals surface area contributed by atoms with Gasteiger partial charge in [-0.25, -0.2) is 4.90 Å². The van der Waals surface area contributed by atoms with Gasteiger partial charge in [-0.1, -0.05) is 23.2 Å². The van der Waals surface area contributed by atoms with Crippen LogP contribution in [0, 0.1) is 0 Å². The number of imide groups is 1. The molecule has 0 bridgehead atoms. The fourth-order valence-electron chi connectivity index (χ4n) is 4.45. The topological polar surface area (TPSA) is 65.6 Å². The number of amides is 2. The maximum absolute atomic E-state index is 13.2. The monoisotopic (exact) mass is 443 g/mol. The number of aromatic nitrogens is 1. The second-order valence-corrected chi connectivity index (χ2v) is 8.44. The van der Waals surface area contributed by atoms with E-state index in [0.717, 1.165) is 28.8 Å². The van der Waals surface area contributed by atoms with Gasteiger partial charge in [0.2, 0.25) is 5.91 Å². The van der Waals surface area contributed by atoms with Gasteiger partial charge < -0.3 is 9.72 Å². The zero-order valence-corrected chi connectivity index (χ0v) is 17.8. The molecule has 1 saturated heterocycles. The van der Waals surface area contributed by atoms with Crippen LogP contribution in [0.1, 0.15) is 17.7 Å². The lowest BCUT2D eigenvalue weighted by molar-refractivity contribution is -0.123. The number of hydrogen-bond donors (Lipinski definition) is 1. The first kappa shape index (κ1) is 19.4. The zero-order valence-electron chi connectivity index (χ0n) is 16.2. The Balaban J connectivity index is 1.42. The molecule has 1 atom stereocenters. The molecule has 2 aliphatic rings. The minimum atomic E-state index is -0.502. The number of ether oxygens (including phenoxy) is 1. The number of aromatic amines is 1. The van der Waals surface area contributed by atoms with E-state index in [-0.39, 0.29) is 23.3 Å². The number of methoxy groups -OCH3 is 1. The normalized spacial score (nSPS) is 19.6. The molecular weight excluding hydrogens is 425 g/mol. The SMILES string of the molecule is COc1ccc2[nH]c3c(c2c1)CCN([C@H]1CC(=O)N(c2ccc(Cl)cc2Cl)C1=O)C3. The summed E-state index contributed by atoms with van der Waals surface area (Å²) >= 11 is 12.2. The van der Waals surface area contributed by atoms with Crippen molar-refractivity contribution in [3.63, 3.8) is 0 Å². The van der Waals surface area contributed by atoms with Gasteiger partial charge in [0.05, 0.1) is 30.3 Å². The Morgan fingerprint density at radius 2 is 1.97 bits per heavy atom. The molecule has 0 radical (unpaired) electrons. The summed E-state index contributed by atoms with van der Waals surface area (Å²) < 4.78 is 5.35. The smallest absolute Gasteiger partial charge is 0.251 e. The van der Waals surface area contributed by atoms with Crippen LogP contribution in [0.5, 0.6) is 5.75 Å². The minimum Gasteiger partial charge on any atom is -0.497 e. The van der Waals surface area contributed by atoms with Crippen LogP contribution >= 0.6 is 23.2 Å². The Morgan fingerprint density at radius 1 is 1.13 bits per heavy atom. The largest absolute Gasteiger partial charge is 0.497 e. The molecule has 1 aromatic heterocycles. The van der Waals surface area contributed by atoms with E-state index in [1.54, 1.807) is 19.2 Å². The quantitative estimate of drug-likeness (QED) is 0.616. The van der Waals surface area contributed by atoms with Gasteiger partial charge in [0.25, 0.3) is 5.91 Å². The van der Waals surface area contributed by atoms with Crippen molar-refractivity contribution < 1.29 is 14.3 Å². The molecule has 0 spiro atoms. The number of halogens is 2. The highest BCUT2D eigenvalue weighted by Crippen LogP contribution is 2.36. The van der Waals surface area contributed by atoms with Crippen molar-refractivity contribution in [2.24, 2.45) is 0 Å². The molecule has 2 aromatic carbocycles. The van der Waals surface area contributed by atoms with E-state index in [1.165, 1.54) is 16.5 Å². The number of hydrogen-bond acceptors (Lipinski definition) is 4. The van der Waals surface area contributed by atoms with Crippen LogP contribution in [0.25, 0.3) is 10.9 Å². The second-order valence-electron chi connectivity index (χ2n) is 7.60. The lowest BCUT2D eigenvalue weighted by Crippen LogP contribution is -2.44. The summed E-state index contributed by atoms with van der Waals surface area (Å²) in [5.41, 5.74) is 3.75. The van der Waals surface area contributed by atoms with Crippen LogP contribution in [-0.4, -0.2) is 41.4 Å². The predicted octanol–water partition coefficient (Wildman–Crippen LogP) is 4.17. The molecule has 0 unspecified atom stereocenters. The Hall–Kier alpha value is -2.54. The van der Waals surface area contributed by atoms with Gasteiger partial charge in [0.1, 0.15) is 5.75 Å². The van der Waals surface area contributed by atoms with Gasteiger partial charge in [0.15, 0.2) is 0 Å². The first-order valence-electron chi connectivity index (χ1n) is 9.69. The highest BCUT2D eigenvalue weighted by Gasteiger charge is 2.44. The van der Waals surface area contributed by atoms with Crippen LogP contribution in [0.4, 0.5) is 5.69 Å². The maximum atomic E-state index is 13.2. The molecule has 2 aliphatic heterocycles. The molecule has 30 heavy (non-hydrogen) atoms. The van der Waals surface area contributed by atoms with Crippen LogP contribution < -0.4 is 9.64 Å². The number of fused-ring (bicyclic) bond motifs is 3. The van der Waals surface area contributed by atoms with Gasteiger partial charge >= 0.3 is 0 Å². The van der Waals surface area contributed by atoms with Crippen molar-refractivity contribution in [2.75, 3.05) is 18.6 Å². The Labute approximate surface area is 183 Å². The third kappa shape index (κ3) is 3.07. The number of anilines is 1. The van der Waals surface area contributed by atoms with E-state index in [2.05, 4.69) is 9.88 Å². The molecule has 154 valence electrons. The number of carbonyl (C=O) groups excluding carboxylic acids is 2. The standard InChI is InChI=1S/C22H19Cl2N3O3/c1-30-13-3-4-17-15(9-13)14-6-7-26(11-18(14)25-17)20-10-21(28)27(22(20)29)19-5-2-12(23)8-16(19)24/h2-5,8-9,20,25H,6-7,10-11H2,1H3/t20-/m0/s1. The summed E-state index contributed by atoms with van der Waals surface area (Å²) in [7, 11) is 1.66. The van der Waals surface area contributed by atoms with Gasteiger partial charge in [-0.2, -0.15) is 0 Å². The number of rotatable bonds is 3. The number of carbonyl (C=O) groups is 2. The summed E-state index contributed by atoms with van der Waals surface area (Å²) in [6.07, 6.45) is 0.934. The molecule has 3 aromatic rings. The van der Waals surface area contributed by atoms with Gasteiger partial charge in [-0.05, 0) is 48.4 Å². The average Bonchev–Trinajstić information content (AvgIpc) is 3.24. The van der Waals surface area contributed by atoms with E-state index >= 15 is 0 Å². The molecule has 5 rings (SSSR count). The lowest BCUT2D eigenvalue weighted by atomic mass is 10.0. The fourth-order valence-corrected chi connectivity index (χ4v) is 4.94. The molecule has 6 nitrogen and oxygen atoms in total. The van der Waals surface area contributed by atoms with E-state index in [1.807, 2.05) is 18.2 Å². The maximum Gasteiger partial charge on any atom is 0.251 e. The molecule has 2 amide bonds. The number of H-pyrrole nitrogens is 1. The van der Waals surface area contributed by atoms with Crippen molar-refractivity contribution >= 4 is 51.6 Å². The van der Waals surface area contributed by atoms with Gasteiger partial charge in [0, 0.05) is 34.7 Å². The fraction of sp³-hybridized carbons (Fsp3) is 0.273. The minimum absolute atomic E-state index is 0.140. The molecule has 0 saturated carbocycles. The molecule has 3 heterocycles. The number of nitrogens with one attached hydrogen (secondary N) is 1. The van der Waals surface area contributed by atoms with E-state index in [4.69, 9.17) is 27.9 Å². The van der Waals surface area contributed by atoms with Gasteiger partial charge in [-0.15, -0.1) is 0 Å². The van der Waals surface area contributed by atoms with Crippen LogP contribution in [0.15, 0.2) is 36.4 Å². The summed E-state index contributed by atoms with van der Waals surface area (Å²) in [5, 5.41) is 1.89. The highest BCUT2D eigenvalue weighted by atomic mass is 35.5. The number of nitrogens with zero attached hydrogens (tertiary/aromatic N) is 2. The van der Waals surface area contributed by atoms with Crippen molar-refractivity contribution in [1.82, 2.24) is 9.88 Å². The van der Waals surface area contributed by atoms with E-state index in [0.29, 0.717) is 23.8 Å². The van der Waals surface area contributed by atoms with Crippen LogP contribution in [0.3, 0.4) is 0 Å². The first-order valence-corrected chi connectivity index (χ1v) is 10.4. The van der Waals surface area contributed by atoms with E-state index < -0.39 is 6.04 Å². The van der Waals surface area contributed by atoms with Crippen LogP contribution in [0.2, 0.25) is 10.0 Å². The third-order valence-electron chi connectivity index (χ3n) is 5.93. The summed E-state index contributed by atoms with van der Waals surface area (Å²) in [5.74, 6) is 0.325. The summed E-state index contributed by atoms with van der Waals surface area (Å²) in [4.78, 5) is 32.6. The average molecular weight is 444 g/mol. The Kier molecular flexibility index (Phi) is 4.73. The molecule has 8 heteroatoms. The molecular formula is C22H19Cl2N3O3. The van der Waals surface area contributed by atoms with Gasteiger partial charge in [-0.3, -0.25) is 14.5 Å². The van der Waals surface area contributed by atoms with Crippen molar-refractivity contribution in [3.8, 4) is 5.75 Å². The molecule has 1 N–H and O–H groups in total. The van der Waals surface area contributed by atoms with Crippen molar-refractivity contribution in [2.45, 2.75) is 25.4 Å². The second kappa shape index (κ2) is 7.30. The Bertz CT molecular complexity index is 1190. The first-order chi connectivity index (χ1) is 14.5. The molecule has 0 aliphatic carbocycles. The molecule has 1 fully saturated rings. The highest BCUT2D eigenvalue weighted by molar-refractivity contribution is 6.38. The Morgan fingerprint density at radius 3 is 2.73 bits per heavy atom. The summed E-state index contributed by atoms with van der Waals surface area (Å²) in [6, 6.07) is 10.2. The zero-order chi connectivity index (χ0) is 21.0. The van der Waals surface area contributed by atoms with Crippen molar-refractivity contribution in [3.05, 3.63) is 57.7 Å².